The maximum atomic E-state index is 13.9. The summed E-state index contributed by atoms with van der Waals surface area (Å²) < 4.78 is 61.0. The molecular weight excluding hydrogens is 448 g/mol. The molecule has 0 amide bonds. The van der Waals surface area contributed by atoms with Crippen LogP contribution in [0.1, 0.15) is 30.9 Å². The fraction of sp³-hybridized carbons (Fsp3) is 0.600. The van der Waals surface area contributed by atoms with Gasteiger partial charge in [-0.15, -0.1) is 10.2 Å². The standard InChI is InChI=1S/C25H30F4N4O/c1-14-3-4-19(26)7-21(14)23-8-22(25(27,28)29)24(32-31-23)30-20-5-16-9-33(10-17(16)6-20)11-18-13-34-12-15(18)2/h3-4,7-8,15-18,20H,5-6,9-13H2,1-2H3,(H,30,32)/t15-,16-,17-,18+/m1/s1. The van der Waals surface area contributed by atoms with Gasteiger partial charge < -0.3 is 15.0 Å². The number of nitrogens with one attached hydrogen (secondary N) is 1. The topological polar surface area (TPSA) is 50.3 Å². The van der Waals surface area contributed by atoms with E-state index in [9.17, 15) is 17.6 Å². The number of fused-ring (bicyclic) bond motifs is 1. The fourth-order valence-electron chi connectivity index (χ4n) is 5.84. The van der Waals surface area contributed by atoms with Crippen LogP contribution in [0.25, 0.3) is 11.3 Å². The number of aryl methyl sites for hydroxylation is 1. The van der Waals surface area contributed by atoms with Crippen LogP contribution < -0.4 is 5.32 Å². The van der Waals surface area contributed by atoms with Gasteiger partial charge in [-0.1, -0.05) is 13.0 Å². The van der Waals surface area contributed by atoms with Crippen molar-refractivity contribution >= 4 is 5.82 Å². The lowest BCUT2D eigenvalue weighted by Gasteiger charge is -2.24. The molecule has 5 nitrogen and oxygen atoms in total. The molecule has 1 saturated carbocycles. The first kappa shape index (κ1) is 23.5. The summed E-state index contributed by atoms with van der Waals surface area (Å²) >= 11 is 0. The van der Waals surface area contributed by atoms with Crippen LogP contribution in [0.15, 0.2) is 24.3 Å². The zero-order chi connectivity index (χ0) is 24.0. The van der Waals surface area contributed by atoms with Gasteiger partial charge in [0.1, 0.15) is 11.4 Å². The predicted molar refractivity (Wildman–Crippen MR) is 121 cm³/mol. The molecule has 3 heterocycles. The van der Waals surface area contributed by atoms with Crippen LogP contribution in [0.2, 0.25) is 0 Å². The molecule has 4 atom stereocenters. The maximum absolute atomic E-state index is 13.9. The Morgan fingerprint density at radius 1 is 1.09 bits per heavy atom. The van der Waals surface area contributed by atoms with Crippen molar-refractivity contribution in [1.82, 2.24) is 15.1 Å². The predicted octanol–water partition coefficient (Wildman–Crippen LogP) is 5.01. The van der Waals surface area contributed by atoms with E-state index in [0.29, 0.717) is 34.8 Å². The van der Waals surface area contributed by atoms with Crippen molar-refractivity contribution in [3.63, 3.8) is 0 Å². The Bertz CT molecular complexity index is 1030. The molecule has 5 rings (SSSR count). The van der Waals surface area contributed by atoms with Gasteiger partial charge >= 0.3 is 6.18 Å². The second kappa shape index (κ2) is 9.07. The highest BCUT2D eigenvalue weighted by Gasteiger charge is 2.43. The minimum Gasteiger partial charge on any atom is -0.381 e. The third-order valence-corrected chi connectivity index (χ3v) is 7.75. The van der Waals surface area contributed by atoms with Crippen LogP contribution in [0.3, 0.4) is 0 Å². The van der Waals surface area contributed by atoms with Gasteiger partial charge in [0.15, 0.2) is 5.82 Å². The molecular formula is C25H30F4N4O. The Kier molecular flexibility index (Phi) is 6.27. The lowest BCUT2D eigenvalue weighted by Crippen LogP contribution is -2.32. The van der Waals surface area contributed by atoms with Gasteiger partial charge in [-0.05, 0) is 67.2 Å². The molecule has 0 radical (unpaired) electrons. The molecule has 34 heavy (non-hydrogen) atoms. The number of hydrogen-bond acceptors (Lipinski definition) is 5. The summed E-state index contributed by atoms with van der Waals surface area (Å²) in [4.78, 5) is 2.50. The van der Waals surface area contributed by atoms with E-state index >= 15 is 0 Å². The van der Waals surface area contributed by atoms with E-state index in [-0.39, 0.29) is 17.6 Å². The highest BCUT2D eigenvalue weighted by atomic mass is 19.4. The van der Waals surface area contributed by atoms with E-state index in [0.717, 1.165) is 51.8 Å². The van der Waals surface area contributed by atoms with Gasteiger partial charge in [0.25, 0.3) is 0 Å². The lowest BCUT2D eigenvalue weighted by atomic mass is 9.97. The van der Waals surface area contributed by atoms with Crippen molar-refractivity contribution in [3.8, 4) is 11.3 Å². The van der Waals surface area contributed by atoms with Crippen molar-refractivity contribution in [1.29, 1.82) is 0 Å². The number of hydrogen-bond donors (Lipinski definition) is 1. The molecule has 1 aromatic carbocycles. The van der Waals surface area contributed by atoms with Crippen LogP contribution in [0.4, 0.5) is 23.4 Å². The monoisotopic (exact) mass is 478 g/mol. The Balaban J connectivity index is 1.27. The number of likely N-dealkylation sites (tertiary alicyclic amines) is 1. The van der Waals surface area contributed by atoms with Crippen LogP contribution in [0.5, 0.6) is 0 Å². The highest BCUT2D eigenvalue weighted by Crippen LogP contribution is 2.42. The van der Waals surface area contributed by atoms with Crippen molar-refractivity contribution in [3.05, 3.63) is 41.2 Å². The molecule has 1 N–H and O–H groups in total. The summed E-state index contributed by atoms with van der Waals surface area (Å²) in [6.07, 6.45) is -2.96. The molecule has 0 unspecified atom stereocenters. The number of benzene rings is 1. The summed E-state index contributed by atoms with van der Waals surface area (Å²) in [6.45, 7) is 8.60. The first-order chi connectivity index (χ1) is 16.2. The molecule has 2 saturated heterocycles. The minimum absolute atomic E-state index is 0.0129. The van der Waals surface area contributed by atoms with E-state index in [1.54, 1.807) is 6.92 Å². The molecule has 2 aromatic rings. The van der Waals surface area contributed by atoms with Gasteiger partial charge in [0.2, 0.25) is 0 Å². The third kappa shape index (κ3) is 4.77. The van der Waals surface area contributed by atoms with E-state index < -0.39 is 17.6 Å². The Morgan fingerprint density at radius 3 is 2.47 bits per heavy atom. The summed E-state index contributed by atoms with van der Waals surface area (Å²) in [5.74, 6) is 1.33. The van der Waals surface area contributed by atoms with Crippen LogP contribution in [-0.4, -0.2) is 54.0 Å². The molecule has 3 fully saturated rings. The minimum atomic E-state index is -4.60. The van der Waals surface area contributed by atoms with Gasteiger partial charge in [-0.2, -0.15) is 13.2 Å². The number of nitrogens with zero attached hydrogens (tertiary/aromatic N) is 3. The number of alkyl halides is 3. The van der Waals surface area contributed by atoms with E-state index in [1.807, 2.05) is 0 Å². The number of halogens is 4. The van der Waals surface area contributed by atoms with Crippen molar-refractivity contribution in [2.45, 2.75) is 38.9 Å². The van der Waals surface area contributed by atoms with E-state index in [2.05, 4.69) is 27.3 Å². The summed E-state index contributed by atoms with van der Waals surface area (Å²) in [5.41, 5.74) is 0.0901. The van der Waals surface area contributed by atoms with E-state index in [1.165, 1.54) is 18.2 Å². The molecule has 184 valence electrons. The Labute approximate surface area is 196 Å². The molecule has 2 aliphatic heterocycles. The van der Waals surface area contributed by atoms with Crippen LogP contribution in [-0.2, 0) is 10.9 Å². The van der Waals surface area contributed by atoms with Crippen molar-refractivity contribution in [2.24, 2.45) is 23.7 Å². The summed E-state index contributed by atoms with van der Waals surface area (Å²) in [5, 5.41) is 11.0. The van der Waals surface area contributed by atoms with Gasteiger partial charge in [0, 0.05) is 37.8 Å². The van der Waals surface area contributed by atoms with Gasteiger partial charge in [0.05, 0.1) is 12.3 Å². The summed E-state index contributed by atoms with van der Waals surface area (Å²) in [7, 11) is 0. The number of rotatable bonds is 5. The number of aromatic nitrogens is 2. The summed E-state index contributed by atoms with van der Waals surface area (Å²) in [6, 6.07) is 4.89. The number of anilines is 1. The highest BCUT2D eigenvalue weighted by molar-refractivity contribution is 5.65. The first-order valence-electron chi connectivity index (χ1n) is 12.0. The fourth-order valence-corrected chi connectivity index (χ4v) is 5.84. The zero-order valence-electron chi connectivity index (χ0n) is 19.4. The molecule has 0 bridgehead atoms. The quantitative estimate of drug-likeness (QED) is 0.612. The average molecular weight is 479 g/mol. The van der Waals surface area contributed by atoms with Gasteiger partial charge in [-0.3, -0.25) is 0 Å². The molecule has 3 aliphatic rings. The average Bonchev–Trinajstić information content (AvgIpc) is 3.45. The zero-order valence-corrected chi connectivity index (χ0v) is 19.4. The van der Waals surface area contributed by atoms with Gasteiger partial charge in [-0.25, -0.2) is 4.39 Å². The van der Waals surface area contributed by atoms with Crippen LogP contribution in [0, 0.1) is 36.4 Å². The van der Waals surface area contributed by atoms with Crippen molar-refractivity contribution < 1.29 is 22.3 Å². The molecule has 0 spiro atoms. The molecule has 1 aromatic heterocycles. The second-order valence-corrected chi connectivity index (χ2v) is 10.3. The Morgan fingerprint density at radius 2 is 1.82 bits per heavy atom. The van der Waals surface area contributed by atoms with E-state index in [4.69, 9.17) is 4.74 Å². The normalized spacial score (nSPS) is 27.9. The third-order valence-electron chi connectivity index (χ3n) is 7.75. The van der Waals surface area contributed by atoms with Crippen LogP contribution >= 0.6 is 0 Å². The molecule has 1 aliphatic carbocycles. The first-order valence-corrected chi connectivity index (χ1v) is 12.0. The SMILES string of the molecule is Cc1ccc(F)cc1-c1cc(C(F)(F)F)c(NC2C[C@@H]3CN(C[C@H]4COC[C@H]4C)C[C@H]3C2)nn1. The lowest BCUT2D eigenvalue weighted by molar-refractivity contribution is -0.137. The smallest absolute Gasteiger partial charge is 0.381 e. The number of ether oxygens (including phenoxy) is 1. The van der Waals surface area contributed by atoms with Crippen molar-refractivity contribution in [2.75, 3.05) is 38.2 Å². The molecule has 9 heteroatoms. The Hall–Kier alpha value is -2.26. The maximum Gasteiger partial charge on any atom is 0.420 e. The largest absolute Gasteiger partial charge is 0.420 e. The second-order valence-electron chi connectivity index (χ2n) is 10.3.